The largest absolute Gasteiger partial charge is 0.481 e. The van der Waals surface area contributed by atoms with Gasteiger partial charge in [-0.25, -0.2) is 18.1 Å². The van der Waals surface area contributed by atoms with E-state index in [0.717, 1.165) is 18.5 Å². The van der Waals surface area contributed by atoms with Gasteiger partial charge in [-0.15, -0.1) is 0 Å². The van der Waals surface area contributed by atoms with Crippen molar-refractivity contribution in [3.05, 3.63) is 23.9 Å². The molecule has 19 heavy (non-hydrogen) atoms. The van der Waals surface area contributed by atoms with Gasteiger partial charge >= 0.3 is 0 Å². The van der Waals surface area contributed by atoms with Crippen LogP contribution in [0.25, 0.3) is 0 Å². The predicted molar refractivity (Wildman–Crippen MR) is 72.4 cm³/mol. The molecule has 0 saturated carbocycles. The summed E-state index contributed by atoms with van der Waals surface area (Å²) < 4.78 is 31.8. The van der Waals surface area contributed by atoms with Crippen molar-refractivity contribution in [1.29, 1.82) is 0 Å². The lowest BCUT2D eigenvalue weighted by molar-refractivity contribution is 0.397. The molecule has 6 nitrogen and oxygen atoms in total. The fourth-order valence-corrected chi connectivity index (χ4v) is 3.44. The van der Waals surface area contributed by atoms with Crippen molar-refractivity contribution in [1.82, 2.24) is 15.0 Å². The van der Waals surface area contributed by atoms with E-state index in [0.29, 0.717) is 18.8 Å². The Labute approximate surface area is 113 Å². The van der Waals surface area contributed by atoms with Gasteiger partial charge in [-0.05, 0) is 24.9 Å². The van der Waals surface area contributed by atoms with Gasteiger partial charge in [0.2, 0.25) is 15.9 Å². The lowest BCUT2D eigenvalue weighted by atomic mass is 10.2. The molecule has 1 aromatic heterocycles. The molecule has 1 aliphatic rings. The summed E-state index contributed by atoms with van der Waals surface area (Å²) in [5.74, 6) is 0.517. The maximum atomic E-state index is 12.1. The molecule has 1 atom stereocenters. The topological polar surface area (TPSA) is 80.3 Å². The van der Waals surface area contributed by atoms with Gasteiger partial charge in [0.1, 0.15) is 0 Å². The van der Waals surface area contributed by atoms with Crippen molar-refractivity contribution in [2.45, 2.75) is 24.6 Å². The molecule has 0 aliphatic carbocycles. The van der Waals surface area contributed by atoms with Gasteiger partial charge in [-0.2, -0.15) is 0 Å². The molecule has 1 fully saturated rings. The van der Waals surface area contributed by atoms with Crippen LogP contribution in [0, 0.1) is 0 Å². The van der Waals surface area contributed by atoms with Gasteiger partial charge in [-0.3, -0.25) is 0 Å². The van der Waals surface area contributed by atoms with Gasteiger partial charge in [0, 0.05) is 25.4 Å². The highest BCUT2D eigenvalue weighted by molar-refractivity contribution is 7.90. The van der Waals surface area contributed by atoms with Crippen molar-refractivity contribution >= 4 is 10.0 Å². The minimum atomic E-state index is -3.27. The molecule has 0 radical (unpaired) electrons. The Bertz CT molecular complexity index is 495. The monoisotopic (exact) mass is 285 g/mol. The van der Waals surface area contributed by atoms with Crippen molar-refractivity contribution in [2.75, 3.05) is 20.2 Å². The van der Waals surface area contributed by atoms with Crippen LogP contribution in [0.4, 0.5) is 0 Å². The van der Waals surface area contributed by atoms with E-state index in [1.165, 1.54) is 0 Å². The molecule has 0 bridgehead atoms. The molecule has 1 saturated heterocycles. The first kappa shape index (κ1) is 14.2. The van der Waals surface area contributed by atoms with Crippen LogP contribution in [0.15, 0.2) is 18.3 Å². The van der Waals surface area contributed by atoms with E-state index in [-0.39, 0.29) is 11.8 Å². The van der Waals surface area contributed by atoms with Crippen LogP contribution in [-0.4, -0.2) is 38.9 Å². The summed E-state index contributed by atoms with van der Waals surface area (Å²) in [7, 11) is -1.73. The minimum Gasteiger partial charge on any atom is -0.481 e. The highest BCUT2D eigenvalue weighted by Crippen LogP contribution is 2.12. The molecule has 2 rings (SSSR count). The second-order valence-electron chi connectivity index (χ2n) is 4.54. The van der Waals surface area contributed by atoms with Gasteiger partial charge in [0.05, 0.1) is 12.4 Å². The van der Waals surface area contributed by atoms with Crippen LogP contribution in [-0.2, 0) is 16.6 Å². The summed E-state index contributed by atoms with van der Waals surface area (Å²) in [5.41, 5.74) is 0.813. The lowest BCUT2D eigenvalue weighted by Gasteiger charge is -2.23. The van der Waals surface area contributed by atoms with Gasteiger partial charge < -0.3 is 10.1 Å². The Hall–Kier alpha value is -1.18. The molecule has 1 aliphatic heterocycles. The maximum Gasteiger partial charge on any atom is 0.216 e. The van der Waals surface area contributed by atoms with Crippen LogP contribution in [0.3, 0.4) is 0 Å². The third kappa shape index (κ3) is 3.89. The first-order valence-electron chi connectivity index (χ1n) is 6.30. The fraction of sp³-hybridized carbons (Fsp3) is 0.583. The van der Waals surface area contributed by atoms with E-state index >= 15 is 0 Å². The number of methoxy groups -OCH3 is 1. The number of hydrogen-bond donors (Lipinski definition) is 2. The summed E-state index contributed by atoms with van der Waals surface area (Å²) in [6.45, 7) is 1.68. The summed E-state index contributed by atoms with van der Waals surface area (Å²) in [4.78, 5) is 4.04. The first-order chi connectivity index (χ1) is 9.12. The number of nitrogens with zero attached hydrogens (tertiary/aromatic N) is 1. The van der Waals surface area contributed by atoms with E-state index in [9.17, 15) is 8.42 Å². The zero-order valence-electron chi connectivity index (χ0n) is 10.9. The zero-order valence-corrected chi connectivity index (χ0v) is 11.7. The third-order valence-corrected chi connectivity index (χ3v) is 5.00. The van der Waals surface area contributed by atoms with Crippen LogP contribution >= 0.6 is 0 Å². The van der Waals surface area contributed by atoms with Crippen LogP contribution in [0.1, 0.15) is 18.4 Å². The van der Waals surface area contributed by atoms with Gasteiger partial charge in [0.15, 0.2) is 0 Å². The summed E-state index contributed by atoms with van der Waals surface area (Å²) >= 11 is 0. The molecule has 2 N–H and O–H groups in total. The number of piperidine rings is 1. The molecule has 106 valence electrons. The number of rotatable bonds is 5. The number of nitrogens with one attached hydrogen (secondary N) is 2. The number of pyridine rings is 1. The normalized spacial score (nSPS) is 20.2. The van der Waals surface area contributed by atoms with E-state index in [4.69, 9.17) is 4.74 Å². The SMILES string of the molecule is COc1ccc(CNS(=O)(=O)C2CCCNC2)cn1. The van der Waals surface area contributed by atoms with Crippen LogP contribution in [0.2, 0.25) is 0 Å². The maximum absolute atomic E-state index is 12.1. The Morgan fingerprint density at radius 2 is 2.37 bits per heavy atom. The Morgan fingerprint density at radius 3 is 2.95 bits per heavy atom. The standard InChI is InChI=1S/C12H19N3O3S/c1-18-12-5-4-10(7-14-12)8-15-19(16,17)11-3-2-6-13-9-11/h4-5,7,11,13,15H,2-3,6,8-9H2,1H3. The smallest absolute Gasteiger partial charge is 0.216 e. The Kier molecular flexibility index (Phi) is 4.73. The third-order valence-electron chi connectivity index (χ3n) is 3.17. The van der Waals surface area contributed by atoms with Crippen molar-refractivity contribution in [3.8, 4) is 5.88 Å². The first-order valence-corrected chi connectivity index (χ1v) is 7.84. The van der Waals surface area contributed by atoms with E-state index in [1.807, 2.05) is 0 Å². The Morgan fingerprint density at radius 1 is 1.53 bits per heavy atom. The van der Waals surface area contributed by atoms with E-state index in [1.54, 1.807) is 25.4 Å². The molecular formula is C12H19N3O3S. The molecule has 2 heterocycles. The van der Waals surface area contributed by atoms with Crippen molar-refractivity contribution < 1.29 is 13.2 Å². The molecule has 0 aromatic carbocycles. The van der Waals surface area contributed by atoms with E-state index < -0.39 is 10.0 Å². The summed E-state index contributed by atoms with van der Waals surface area (Å²) in [6, 6.07) is 3.51. The highest BCUT2D eigenvalue weighted by Gasteiger charge is 2.26. The second-order valence-corrected chi connectivity index (χ2v) is 6.59. The molecule has 1 unspecified atom stereocenters. The van der Waals surface area contributed by atoms with Crippen molar-refractivity contribution in [2.24, 2.45) is 0 Å². The minimum absolute atomic E-state index is 0.260. The summed E-state index contributed by atoms with van der Waals surface area (Å²) in [5, 5.41) is 2.77. The van der Waals surface area contributed by atoms with Crippen LogP contribution in [0.5, 0.6) is 5.88 Å². The lowest BCUT2D eigenvalue weighted by Crippen LogP contribution is -2.44. The Balaban J connectivity index is 1.92. The average Bonchev–Trinajstić information content (AvgIpc) is 2.47. The summed E-state index contributed by atoms with van der Waals surface area (Å²) in [6.07, 6.45) is 3.22. The van der Waals surface area contributed by atoms with Gasteiger partial charge in [-0.1, -0.05) is 6.07 Å². The quantitative estimate of drug-likeness (QED) is 0.811. The number of hydrogen-bond acceptors (Lipinski definition) is 5. The average molecular weight is 285 g/mol. The molecular weight excluding hydrogens is 266 g/mol. The van der Waals surface area contributed by atoms with Crippen molar-refractivity contribution in [3.63, 3.8) is 0 Å². The van der Waals surface area contributed by atoms with E-state index in [2.05, 4.69) is 15.0 Å². The predicted octanol–water partition coefficient (Wildman–Crippen LogP) is 0.262. The molecule has 1 aromatic rings. The van der Waals surface area contributed by atoms with Gasteiger partial charge in [0.25, 0.3) is 0 Å². The molecule has 7 heteroatoms. The molecule has 0 amide bonds. The number of sulfonamides is 1. The number of aromatic nitrogens is 1. The fourth-order valence-electron chi connectivity index (χ4n) is 2.02. The highest BCUT2D eigenvalue weighted by atomic mass is 32.2. The zero-order chi connectivity index (χ0) is 13.7. The number of ether oxygens (including phenoxy) is 1. The van der Waals surface area contributed by atoms with Crippen LogP contribution < -0.4 is 14.8 Å². The molecule has 0 spiro atoms. The second kappa shape index (κ2) is 6.31.